The van der Waals surface area contributed by atoms with Crippen molar-refractivity contribution in [2.24, 2.45) is 0 Å². The summed E-state index contributed by atoms with van der Waals surface area (Å²) < 4.78 is 14.1. The third-order valence-corrected chi connectivity index (χ3v) is 6.89. The molecular weight excluding hydrogens is 371 g/mol. The van der Waals surface area contributed by atoms with E-state index in [4.69, 9.17) is 0 Å². The fourth-order valence-corrected chi connectivity index (χ4v) is 5.15. The number of halogens is 1. The van der Waals surface area contributed by atoms with Crippen LogP contribution >= 0.6 is 0 Å². The monoisotopic (exact) mass is 402 g/mol. The number of nitrogens with zero attached hydrogens (tertiary/aromatic N) is 2. The highest BCUT2D eigenvalue weighted by Crippen LogP contribution is 2.32. The number of amides is 2. The van der Waals surface area contributed by atoms with Gasteiger partial charge in [0.25, 0.3) is 0 Å². The molecule has 1 saturated carbocycles. The van der Waals surface area contributed by atoms with Gasteiger partial charge in [-0.2, -0.15) is 0 Å². The van der Waals surface area contributed by atoms with Crippen molar-refractivity contribution in [1.29, 1.82) is 0 Å². The summed E-state index contributed by atoms with van der Waals surface area (Å²) in [4.78, 5) is 29.3. The number of aryl methyl sites for hydroxylation is 1. The number of hydrogen-bond acceptors (Lipinski definition) is 4. The van der Waals surface area contributed by atoms with E-state index in [2.05, 4.69) is 15.5 Å². The zero-order chi connectivity index (χ0) is 20.7. The van der Waals surface area contributed by atoms with Crippen LogP contribution in [0.1, 0.15) is 43.7 Å². The van der Waals surface area contributed by atoms with Crippen molar-refractivity contribution >= 4 is 17.5 Å². The smallest absolute Gasteiger partial charge is 0.243 e. The first-order valence-electron chi connectivity index (χ1n) is 10.7. The number of fused-ring (bicyclic) bond motifs is 1. The molecule has 2 unspecified atom stereocenters. The largest absolute Gasteiger partial charge is 0.373 e. The van der Waals surface area contributed by atoms with Crippen molar-refractivity contribution < 1.29 is 14.0 Å². The third-order valence-electron chi connectivity index (χ3n) is 6.89. The average Bonchev–Trinajstić information content (AvgIpc) is 3.16. The summed E-state index contributed by atoms with van der Waals surface area (Å²) in [7, 11) is 1.86. The SMILES string of the molecule is Cc1ccc(F)c2c1NC(C(=O)N[C@@H]1CCC[C@H](N3CCN(C)C(=O)C3C)C1)C2. The molecule has 0 radical (unpaired) electrons. The molecule has 2 aliphatic heterocycles. The van der Waals surface area contributed by atoms with E-state index < -0.39 is 6.04 Å². The molecule has 158 valence electrons. The number of carbonyl (C=O) groups excluding carboxylic acids is 2. The number of anilines is 1. The van der Waals surface area contributed by atoms with Gasteiger partial charge in [0.1, 0.15) is 11.9 Å². The number of benzene rings is 1. The summed E-state index contributed by atoms with van der Waals surface area (Å²) in [6, 6.07) is 3.09. The number of rotatable bonds is 3. The van der Waals surface area contributed by atoms with E-state index in [1.807, 2.05) is 20.9 Å². The maximum absolute atomic E-state index is 14.1. The average molecular weight is 403 g/mol. The topological polar surface area (TPSA) is 64.7 Å². The lowest BCUT2D eigenvalue weighted by Gasteiger charge is -2.44. The molecule has 2 N–H and O–H groups in total. The first-order chi connectivity index (χ1) is 13.8. The van der Waals surface area contributed by atoms with Crippen LogP contribution in [0.25, 0.3) is 0 Å². The van der Waals surface area contributed by atoms with Crippen LogP contribution in [-0.2, 0) is 16.0 Å². The van der Waals surface area contributed by atoms with Gasteiger partial charge < -0.3 is 15.5 Å². The van der Waals surface area contributed by atoms with Crippen molar-refractivity contribution in [3.63, 3.8) is 0 Å². The van der Waals surface area contributed by atoms with Gasteiger partial charge in [-0.25, -0.2) is 4.39 Å². The van der Waals surface area contributed by atoms with Crippen molar-refractivity contribution in [2.75, 3.05) is 25.5 Å². The summed E-state index contributed by atoms with van der Waals surface area (Å²) in [5.41, 5.74) is 2.33. The normalized spacial score (nSPS) is 30.1. The molecule has 1 aromatic rings. The maximum atomic E-state index is 14.1. The highest BCUT2D eigenvalue weighted by Gasteiger charge is 2.37. The summed E-state index contributed by atoms with van der Waals surface area (Å²) >= 11 is 0. The third kappa shape index (κ3) is 3.84. The standard InChI is InChI=1S/C22H31FN4O2/c1-13-7-8-18(23)17-12-19(25-20(13)17)21(28)24-15-5-4-6-16(11-15)27-10-9-26(3)22(29)14(27)2/h7-8,14-16,19,25H,4-6,9-12H2,1-3H3,(H,24,28)/t14?,15-,16+,19?/m1/s1. The van der Waals surface area contributed by atoms with Gasteiger partial charge in [0.2, 0.25) is 11.8 Å². The molecule has 7 heteroatoms. The fourth-order valence-electron chi connectivity index (χ4n) is 5.15. The minimum Gasteiger partial charge on any atom is -0.373 e. The molecule has 29 heavy (non-hydrogen) atoms. The van der Waals surface area contributed by atoms with Crippen LogP contribution in [0.5, 0.6) is 0 Å². The Balaban J connectivity index is 1.37. The Morgan fingerprint density at radius 2 is 2.07 bits per heavy atom. The lowest BCUT2D eigenvalue weighted by molar-refractivity contribution is -0.141. The van der Waals surface area contributed by atoms with E-state index >= 15 is 0 Å². The molecule has 0 aromatic heterocycles. The molecule has 0 spiro atoms. The Labute approximate surface area is 171 Å². The van der Waals surface area contributed by atoms with Crippen LogP contribution in [0.15, 0.2) is 12.1 Å². The zero-order valence-electron chi connectivity index (χ0n) is 17.5. The molecular formula is C22H31FN4O2. The summed E-state index contributed by atoms with van der Waals surface area (Å²) in [5, 5.41) is 6.41. The highest BCUT2D eigenvalue weighted by molar-refractivity contribution is 5.88. The summed E-state index contributed by atoms with van der Waals surface area (Å²) in [6.45, 7) is 5.55. The first-order valence-corrected chi connectivity index (χ1v) is 10.7. The zero-order valence-corrected chi connectivity index (χ0v) is 17.5. The number of hydrogen-bond donors (Lipinski definition) is 2. The first kappa shape index (κ1) is 20.1. The molecule has 6 nitrogen and oxygen atoms in total. The molecule has 2 amide bonds. The quantitative estimate of drug-likeness (QED) is 0.812. The second kappa shape index (κ2) is 7.94. The molecule has 1 saturated heterocycles. The van der Waals surface area contributed by atoms with Crippen LogP contribution in [-0.4, -0.2) is 65.9 Å². The maximum Gasteiger partial charge on any atom is 0.243 e. The molecule has 4 rings (SSSR count). The van der Waals surface area contributed by atoms with Crippen molar-refractivity contribution in [3.8, 4) is 0 Å². The van der Waals surface area contributed by atoms with Gasteiger partial charge in [0.05, 0.1) is 6.04 Å². The Hall–Kier alpha value is -2.15. The predicted molar refractivity (Wildman–Crippen MR) is 110 cm³/mol. The fraction of sp³-hybridized carbons (Fsp3) is 0.636. The lowest BCUT2D eigenvalue weighted by Crippen LogP contribution is -2.59. The summed E-state index contributed by atoms with van der Waals surface area (Å²) in [5.74, 6) is -0.138. The van der Waals surface area contributed by atoms with Gasteiger partial charge >= 0.3 is 0 Å². The van der Waals surface area contributed by atoms with Crippen LogP contribution in [0.3, 0.4) is 0 Å². The van der Waals surface area contributed by atoms with Gasteiger partial charge in [-0.15, -0.1) is 0 Å². The highest BCUT2D eigenvalue weighted by atomic mass is 19.1. The molecule has 2 fully saturated rings. The van der Waals surface area contributed by atoms with E-state index in [0.29, 0.717) is 18.0 Å². The molecule has 1 aliphatic carbocycles. The van der Waals surface area contributed by atoms with Crippen LogP contribution < -0.4 is 10.6 Å². The second-order valence-electron chi connectivity index (χ2n) is 8.82. The molecule has 1 aromatic carbocycles. The van der Waals surface area contributed by atoms with Gasteiger partial charge in [0.15, 0.2) is 0 Å². The van der Waals surface area contributed by atoms with Gasteiger partial charge in [0, 0.05) is 49.9 Å². The number of carbonyl (C=O) groups is 2. The van der Waals surface area contributed by atoms with Gasteiger partial charge in [-0.05, 0) is 51.2 Å². The van der Waals surface area contributed by atoms with Crippen LogP contribution in [0.4, 0.5) is 10.1 Å². The van der Waals surface area contributed by atoms with Crippen LogP contribution in [0, 0.1) is 12.7 Å². The Kier molecular flexibility index (Phi) is 5.51. The van der Waals surface area contributed by atoms with E-state index in [0.717, 1.165) is 50.0 Å². The minimum atomic E-state index is -0.426. The van der Waals surface area contributed by atoms with E-state index in [1.165, 1.54) is 6.07 Å². The minimum absolute atomic E-state index is 0.0619. The van der Waals surface area contributed by atoms with Crippen molar-refractivity contribution in [1.82, 2.24) is 15.1 Å². The number of nitrogens with one attached hydrogen (secondary N) is 2. The van der Waals surface area contributed by atoms with Crippen molar-refractivity contribution in [2.45, 2.75) is 70.1 Å². The molecule has 4 atom stereocenters. The second-order valence-corrected chi connectivity index (χ2v) is 8.82. The van der Waals surface area contributed by atoms with E-state index in [1.54, 1.807) is 11.0 Å². The number of piperazine rings is 1. The molecule has 0 bridgehead atoms. The van der Waals surface area contributed by atoms with Gasteiger partial charge in [-0.1, -0.05) is 6.07 Å². The Morgan fingerprint density at radius 1 is 1.28 bits per heavy atom. The van der Waals surface area contributed by atoms with E-state index in [9.17, 15) is 14.0 Å². The Morgan fingerprint density at radius 3 is 2.83 bits per heavy atom. The molecule has 2 heterocycles. The lowest BCUT2D eigenvalue weighted by atomic mass is 9.88. The summed E-state index contributed by atoms with van der Waals surface area (Å²) in [6.07, 6.45) is 4.29. The Bertz CT molecular complexity index is 783. The van der Waals surface area contributed by atoms with Gasteiger partial charge in [-0.3, -0.25) is 14.5 Å². The number of likely N-dealkylation sites (N-methyl/N-ethyl adjacent to an activating group) is 1. The predicted octanol–water partition coefficient (Wildman–Crippen LogP) is 2.06. The van der Waals surface area contributed by atoms with Crippen molar-refractivity contribution in [3.05, 3.63) is 29.1 Å². The molecule has 3 aliphatic rings. The van der Waals surface area contributed by atoms with E-state index in [-0.39, 0.29) is 29.7 Å². The van der Waals surface area contributed by atoms with Crippen LogP contribution in [0.2, 0.25) is 0 Å².